The molecular formula is C7H14N2O. The van der Waals surface area contributed by atoms with Gasteiger partial charge in [0.15, 0.2) is 0 Å². The van der Waals surface area contributed by atoms with Gasteiger partial charge in [0.2, 0.25) is 0 Å². The maximum atomic E-state index is 10.8. The van der Waals surface area contributed by atoms with Gasteiger partial charge in [0.05, 0.1) is 6.54 Å². The van der Waals surface area contributed by atoms with Gasteiger partial charge >= 0.3 is 0 Å². The highest BCUT2D eigenvalue weighted by atomic mass is 16.1. The van der Waals surface area contributed by atoms with Crippen LogP contribution in [0, 0.1) is 0 Å². The van der Waals surface area contributed by atoms with Gasteiger partial charge in [-0.05, 0) is 0 Å². The molecule has 10 heavy (non-hydrogen) atoms. The second-order valence-electron chi connectivity index (χ2n) is 2.85. The van der Waals surface area contributed by atoms with Gasteiger partial charge in [-0.1, -0.05) is 6.92 Å². The molecule has 0 aromatic rings. The zero-order chi connectivity index (χ0) is 7.56. The van der Waals surface area contributed by atoms with Gasteiger partial charge < -0.3 is 5.73 Å². The first-order chi connectivity index (χ1) is 4.72. The number of Topliss-reactive ketones (excluding diaryl/α,β-unsaturated/α-hetero) is 1. The van der Waals surface area contributed by atoms with E-state index in [0.29, 0.717) is 24.8 Å². The fourth-order valence-electron chi connectivity index (χ4n) is 1.10. The van der Waals surface area contributed by atoms with Crippen molar-refractivity contribution in [2.45, 2.75) is 19.4 Å². The van der Waals surface area contributed by atoms with Crippen molar-refractivity contribution < 1.29 is 4.79 Å². The molecule has 1 rings (SSSR count). The number of hydrogen-bond acceptors (Lipinski definition) is 3. The van der Waals surface area contributed by atoms with Gasteiger partial charge in [-0.25, -0.2) is 0 Å². The molecule has 0 bridgehead atoms. The van der Waals surface area contributed by atoms with Crippen molar-refractivity contribution >= 4 is 5.78 Å². The predicted octanol–water partition coefficient (Wildman–Crippen LogP) is -0.392. The molecule has 0 amide bonds. The topological polar surface area (TPSA) is 46.3 Å². The fourth-order valence-corrected chi connectivity index (χ4v) is 1.10. The number of likely N-dealkylation sites (tertiary alicyclic amines) is 1. The third kappa shape index (κ3) is 1.78. The Balaban J connectivity index is 2.10. The van der Waals surface area contributed by atoms with E-state index in [1.165, 1.54) is 0 Å². The Hall–Kier alpha value is -0.410. The molecule has 0 saturated carbocycles. The molecule has 3 heteroatoms. The third-order valence-electron chi connectivity index (χ3n) is 1.78. The molecule has 2 N–H and O–H groups in total. The van der Waals surface area contributed by atoms with Crippen LogP contribution in [-0.4, -0.2) is 36.4 Å². The van der Waals surface area contributed by atoms with Crippen LogP contribution in [-0.2, 0) is 4.79 Å². The van der Waals surface area contributed by atoms with E-state index in [1.807, 2.05) is 6.92 Å². The first-order valence-electron chi connectivity index (χ1n) is 3.72. The van der Waals surface area contributed by atoms with Crippen LogP contribution in [0.4, 0.5) is 0 Å². The van der Waals surface area contributed by atoms with Crippen LogP contribution in [0.2, 0.25) is 0 Å². The van der Waals surface area contributed by atoms with Crippen molar-refractivity contribution in [3.63, 3.8) is 0 Å². The second kappa shape index (κ2) is 3.12. The molecule has 1 fully saturated rings. The van der Waals surface area contributed by atoms with Gasteiger partial charge in [-0.15, -0.1) is 0 Å². The van der Waals surface area contributed by atoms with Crippen molar-refractivity contribution in [1.29, 1.82) is 0 Å². The Kier molecular flexibility index (Phi) is 2.40. The summed E-state index contributed by atoms with van der Waals surface area (Å²) >= 11 is 0. The highest BCUT2D eigenvalue weighted by Gasteiger charge is 2.23. The Morgan fingerprint density at radius 3 is 2.70 bits per heavy atom. The average Bonchev–Trinajstić information content (AvgIpc) is 1.84. The minimum atomic E-state index is 0.310. The van der Waals surface area contributed by atoms with E-state index in [-0.39, 0.29) is 0 Å². The van der Waals surface area contributed by atoms with Crippen LogP contribution in [0.15, 0.2) is 0 Å². The van der Waals surface area contributed by atoms with E-state index in [9.17, 15) is 4.79 Å². The van der Waals surface area contributed by atoms with E-state index in [0.717, 1.165) is 13.1 Å². The predicted molar refractivity (Wildman–Crippen MR) is 39.7 cm³/mol. The van der Waals surface area contributed by atoms with Crippen molar-refractivity contribution in [2.75, 3.05) is 19.6 Å². The van der Waals surface area contributed by atoms with Crippen molar-refractivity contribution in [3.8, 4) is 0 Å². The SMILES string of the molecule is CCC(=O)CN1CC(N)C1. The Morgan fingerprint density at radius 1 is 1.70 bits per heavy atom. The summed E-state index contributed by atoms with van der Waals surface area (Å²) in [4.78, 5) is 12.9. The molecule has 1 aliphatic rings. The summed E-state index contributed by atoms with van der Waals surface area (Å²) in [6.07, 6.45) is 0.645. The highest BCUT2D eigenvalue weighted by Crippen LogP contribution is 2.04. The normalized spacial score (nSPS) is 20.6. The maximum Gasteiger partial charge on any atom is 0.146 e. The van der Waals surface area contributed by atoms with Gasteiger partial charge in [-0.2, -0.15) is 0 Å². The largest absolute Gasteiger partial charge is 0.325 e. The van der Waals surface area contributed by atoms with Crippen LogP contribution >= 0.6 is 0 Å². The number of rotatable bonds is 3. The lowest BCUT2D eigenvalue weighted by molar-refractivity contribution is -0.120. The summed E-state index contributed by atoms with van der Waals surface area (Å²) in [5.74, 6) is 0.312. The van der Waals surface area contributed by atoms with E-state index in [4.69, 9.17) is 5.73 Å². The second-order valence-corrected chi connectivity index (χ2v) is 2.85. The quantitative estimate of drug-likeness (QED) is 0.583. The number of carbonyl (C=O) groups is 1. The summed E-state index contributed by atoms with van der Waals surface area (Å²) in [6.45, 7) is 4.28. The fraction of sp³-hybridized carbons (Fsp3) is 0.857. The van der Waals surface area contributed by atoms with Crippen LogP contribution in [0.5, 0.6) is 0 Å². The molecule has 58 valence electrons. The van der Waals surface area contributed by atoms with E-state index in [2.05, 4.69) is 4.90 Å². The zero-order valence-electron chi connectivity index (χ0n) is 6.34. The zero-order valence-corrected chi connectivity index (χ0v) is 6.34. The molecule has 1 heterocycles. The summed E-state index contributed by atoms with van der Waals surface area (Å²) < 4.78 is 0. The molecule has 0 aromatic heterocycles. The minimum absolute atomic E-state index is 0.310. The van der Waals surface area contributed by atoms with Crippen LogP contribution in [0.25, 0.3) is 0 Å². The molecule has 0 unspecified atom stereocenters. The van der Waals surface area contributed by atoms with Gasteiger partial charge in [0, 0.05) is 25.6 Å². The smallest absolute Gasteiger partial charge is 0.146 e. The lowest BCUT2D eigenvalue weighted by Crippen LogP contribution is -2.56. The number of carbonyl (C=O) groups excluding carboxylic acids is 1. The standard InChI is InChI=1S/C7H14N2O/c1-2-7(10)5-9-3-6(8)4-9/h6H,2-5,8H2,1H3. The molecule has 0 aliphatic carbocycles. The maximum absolute atomic E-state index is 10.8. The molecule has 0 aromatic carbocycles. The molecule has 0 spiro atoms. The first-order valence-corrected chi connectivity index (χ1v) is 3.72. The Labute approximate surface area is 61.2 Å². The number of nitrogens with two attached hydrogens (primary N) is 1. The number of ketones is 1. The van der Waals surface area contributed by atoms with Crippen LogP contribution < -0.4 is 5.73 Å². The highest BCUT2D eigenvalue weighted by molar-refractivity contribution is 5.80. The number of hydrogen-bond donors (Lipinski definition) is 1. The summed E-state index contributed by atoms with van der Waals surface area (Å²) in [6, 6.07) is 0.310. The minimum Gasteiger partial charge on any atom is -0.325 e. The molecular weight excluding hydrogens is 128 g/mol. The number of nitrogens with zero attached hydrogens (tertiary/aromatic N) is 1. The monoisotopic (exact) mass is 142 g/mol. The third-order valence-corrected chi connectivity index (χ3v) is 1.78. The molecule has 0 atom stereocenters. The van der Waals surface area contributed by atoms with Crippen LogP contribution in [0.1, 0.15) is 13.3 Å². The first kappa shape index (κ1) is 7.69. The molecule has 1 aliphatic heterocycles. The summed E-state index contributed by atoms with van der Waals surface area (Å²) in [5.41, 5.74) is 5.53. The van der Waals surface area contributed by atoms with Crippen molar-refractivity contribution in [2.24, 2.45) is 5.73 Å². The van der Waals surface area contributed by atoms with E-state index >= 15 is 0 Å². The van der Waals surface area contributed by atoms with E-state index < -0.39 is 0 Å². The lowest BCUT2D eigenvalue weighted by Gasteiger charge is -2.36. The van der Waals surface area contributed by atoms with Crippen LogP contribution in [0.3, 0.4) is 0 Å². The van der Waals surface area contributed by atoms with Gasteiger partial charge in [0.1, 0.15) is 5.78 Å². The van der Waals surface area contributed by atoms with Gasteiger partial charge in [-0.3, -0.25) is 9.69 Å². The average molecular weight is 142 g/mol. The Morgan fingerprint density at radius 2 is 2.30 bits per heavy atom. The van der Waals surface area contributed by atoms with E-state index in [1.54, 1.807) is 0 Å². The molecule has 0 radical (unpaired) electrons. The lowest BCUT2D eigenvalue weighted by atomic mass is 10.1. The van der Waals surface area contributed by atoms with Crippen molar-refractivity contribution in [3.05, 3.63) is 0 Å². The Bertz CT molecular complexity index is 130. The molecule has 1 saturated heterocycles. The summed E-state index contributed by atoms with van der Waals surface area (Å²) in [5, 5.41) is 0. The van der Waals surface area contributed by atoms with Gasteiger partial charge in [0.25, 0.3) is 0 Å². The van der Waals surface area contributed by atoms with Crippen molar-refractivity contribution in [1.82, 2.24) is 4.90 Å². The summed E-state index contributed by atoms with van der Waals surface area (Å²) in [7, 11) is 0. The molecule has 3 nitrogen and oxygen atoms in total.